The summed E-state index contributed by atoms with van der Waals surface area (Å²) in [7, 11) is 0. The Kier molecular flexibility index (Phi) is 9.24. The lowest BCUT2D eigenvalue weighted by atomic mass is 9.95. The van der Waals surface area contributed by atoms with E-state index in [1.54, 1.807) is 19.9 Å². The molecule has 3 aromatic carbocycles. The molecule has 0 spiro atoms. The topological polar surface area (TPSA) is 9.23 Å². The van der Waals surface area contributed by atoms with E-state index in [4.69, 9.17) is 0 Å². The maximum Gasteiger partial charge on any atom is 0.432 e. The van der Waals surface area contributed by atoms with Gasteiger partial charge in [0.05, 0.1) is 0 Å². The van der Waals surface area contributed by atoms with Gasteiger partial charge < -0.3 is 4.74 Å². The average molecular weight is 594 g/mol. The summed E-state index contributed by atoms with van der Waals surface area (Å²) in [6.07, 6.45) is -9.58. The van der Waals surface area contributed by atoms with Gasteiger partial charge in [-0.3, -0.25) is 0 Å². The molecule has 0 amide bonds. The number of benzene rings is 3. The number of hydrogen-bond donors (Lipinski definition) is 0. The number of hydrogen-bond acceptors (Lipinski definition) is 1. The second-order valence-electron chi connectivity index (χ2n) is 9.05. The molecule has 41 heavy (non-hydrogen) atoms. The fourth-order valence-electron chi connectivity index (χ4n) is 3.96. The van der Waals surface area contributed by atoms with Crippen LogP contribution in [0.15, 0.2) is 59.9 Å². The van der Waals surface area contributed by atoms with Gasteiger partial charge in [-0.15, -0.1) is 0 Å². The second kappa shape index (κ2) is 12.0. The molecular weight excluding hydrogens is 573 g/mol. The zero-order valence-electron chi connectivity index (χ0n) is 21.6. The number of aryl methyl sites for hydroxylation is 1. The maximum absolute atomic E-state index is 15.3. The van der Waals surface area contributed by atoms with Crippen molar-refractivity contribution in [2.24, 2.45) is 0 Å². The summed E-state index contributed by atoms with van der Waals surface area (Å²) in [5, 5.41) is 0. The van der Waals surface area contributed by atoms with Crippen molar-refractivity contribution in [3.05, 3.63) is 117 Å². The number of alkyl halides is 5. The maximum atomic E-state index is 15.3. The van der Waals surface area contributed by atoms with Crippen LogP contribution in [0.5, 0.6) is 5.75 Å². The molecule has 0 unspecified atom stereocenters. The van der Waals surface area contributed by atoms with Crippen LogP contribution in [-0.4, -0.2) is 0 Å². The van der Waals surface area contributed by atoms with Gasteiger partial charge in [0.25, 0.3) is 0 Å². The van der Waals surface area contributed by atoms with Crippen LogP contribution in [0.4, 0.5) is 48.3 Å². The van der Waals surface area contributed by atoms with E-state index in [2.05, 4.69) is 4.74 Å². The number of allylic oxidation sites excluding steroid dienone is 4. The minimum Gasteiger partial charge on any atom is -0.429 e. The summed E-state index contributed by atoms with van der Waals surface area (Å²) in [4.78, 5) is 0. The van der Waals surface area contributed by atoms with Crippen LogP contribution in [0.3, 0.4) is 0 Å². The highest BCUT2D eigenvalue weighted by Crippen LogP contribution is 2.40. The summed E-state index contributed by atoms with van der Waals surface area (Å²) in [5.74, 6) is -11.6. The molecule has 0 fully saturated rings. The smallest absolute Gasteiger partial charge is 0.429 e. The van der Waals surface area contributed by atoms with Crippen LogP contribution >= 0.6 is 0 Å². The largest absolute Gasteiger partial charge is 0.432 e. The molecule has 0 aliphatic carbocycles. The minimum absolute atomic E-state index is 0.125. The van der Waals surface area contributed by atoms with Gasteiger partial charge in [-0.2, -0.15) is 22.0 Å². The first-order chi connectivity index (χ1) is 19.0. The Morgan fingerprint density at radius 1 is 0.780 bits per heavy atom. The number of ether oxygens (including phenoxy) is 1. The predicted octanol–water partition coefficient (Wildman–Crippen LogP) is 10.1. The molecule has 0 aromatic heterocycles. The molecule has 0 radical (unpaired) electrons. The Labute approximate surface area is 227 Å². The first-order valence-corrected chi connectivity index (χ1v) is 11.9. The van der Waals surface area contributed by atoms with E-state index in [1.165, 1.54) is 19.1 Å². The van der Waals surface area contributed by atoms with Crippen molar-refractivity contribution in [1.29, 1.82) is 0 Å². The van der Waals surface area contributed by atoms with Crippen molar-refractivity contribution in [2.45, 2.75) is 45.9 Å². The average Bonchev–Trinajstić information content (AvgIpc) is 2.81. The van der Waals surface area contributed by atoms with Crippen molar-refractivity contribution >= 4 is 5.57 Å². The molecule has 220 valence electrons. The Balaban J connectivity index is 2.00. The molecule has 0 atom stereocenters. The number of rotatable bonds is 8. The minimum atomic E-state index is -5.50. The Morgan fingerprint density at radius 2 is 1.32 bits per heavy atom. The lowest BCUT2D eigenvalue weighted by molar-refractivity contribution is -0.189. The molecule has 0 aliphatic rings. The van der Waals surface area contributed by atoms with E-state index in [9.17, 15) is 43.9 Å². The highest BCUT2D eigenvalue weighted by atomic mass is 19.4. The zero-order chi connectivity index (χ0) is 30.9. The molecule has 1 nitrogen and oxygen atoms in total. The Morgan fingerprint density at radius 3 is 1.80 bits per heavy atom. The third-order valence-electron chi connectivity index (χ3n) is 6.07. The van der Waals surface area contributed by atoms with E-state index in [0.717, 1.165) is 6.08 Å². The second-order valence-corrected chi connectivity index (χ2v) is 9.05. The van der Waals surface area contributed by atoms with E-state index in [0.29, 0.717) is 17.7 Å². The van der Waals surface area contributed by atoms with Crippen LogP contribution in [-0.2, 0) is 18.7 Å². The van der Waals surface area contributed by atoms with Gasteiger partial charge in [0.2, 0.25) is 0 Å². The van der Waals surface area contributed by atoms with Gasteiger partial charge in [-0.05, 0) is 67.7 Å². The Bertz CT molecular complexity index is 1470. The summed E-state index contributed by atoms with van der Waals surface area (Å²) < 4.78 is 159. The molecule has 3 rings (SSSR count). The summed E-state index contributed by atoms with van der Waals surface area (Å²) >= 11 is 0. The van der Waals surface area contributed by atoms with Crippen molar-refractivity contribution in [2.75, 3.05) is 0 Å². The monoisotopic (exact) mass is 594 g/mol. The normalized spacial score (nSPS) is 13.4. The van der Waals surface area contributed by atoms with E-state index in [1.807, 2.05) is 0 Å². The molecule has 12 heteroatoms. The first kappa shape index (κ1) is 31.7. The van der Waals surface area contributed by atoms with Gasteiger partial charge >= 0.3 is 12.3 Å². The van der Waals surface area contributed by atoms with Crippen LogP contribution < -0.4 is 4.74 Å². The third kappa shape index (κ3) is 7.09. The van der Waals surface area contributed by atoms with E-state index in [-0.39, 0.29) is 41.7 Å². The van der Waals surface area contributed by atoms with Crippen molar-refractivity contribution in [1.82, 2.24) is 0 Å². The molecular formula is C29H21F11O. The molecule has 0 bridgehead atoms. The standard InChI is InChI=1S/C29H21F11O/c1-4-15(3)25(19(30)8-7-16-6-5-14(2)9-20(16)31)17-10-21(32)27(22(33)11-17)29(39,40)41-18-12-23(34)26(24(35)13-18)28(36,37)38/h5-6,8-13H,4,7H2,1-3H3/b19-8+,25-15+. The summed E-state index contributed by atoms with van der Waals surface area (Å²) in [6.45, 7) is 4.66. The molecule has 0 aliphatic heterocycles. The molecule has 0 saturated heterocycles. The SMILES string of the molecule is CC/C(C)=C(/C(F)=C\Cc1ccc(C)cc1F)c1cc(F)c(C(F)(F)Oc2cc(F)c(C(F)(F)F)c(F)c2)c(F)c1. The number of halogens is 11. The van der Waals surface area contributed by atoms with E-state index < -0.39 is 69.6 Å². The summed E-state index contributed by atoms with van der Waals surface area (Å²) in [6, 6.07) is 4.57. The summed E-state index contributed by atoms with van der Waals surface area (Å²) in [5.41, 5.74) is -4.25. The highest BCUT2D eigenvalue weighted by molar-refractivity contribution is 5.79. The molecule has 0 saturated carbocycles. The van der Waals surface area contributed by atoms with Gasteiger partial charge in [0, 0.05) is 17.7 Å². The van der Waals surface area contributed by atoms with E-state index >= 15 is 4.39 Å². The predicted molar refractivity (Wildman–Crippen MR) is 129 cm³/mol. The van der Waals surface area contributed by atoms with Crippen LogP contribution in [0, 0.1) is 36.0 Å². The van der Waals surface area contributed by atoms with Crippen molar-refractivity contribution in [3.8, 4) is 5.75 Å². The molecule has 0 heterocycles. The lowest BCUT2D eigenvalue weighted by Crippen LogP contribution is -2.26. The quantitative estimate of drug-likeness (QED) is 0.186. The highest BCUT2D eigenvalue weighted by Gasteiger charge is 2.43. The van der Waals surface area contributed by atoms with Crippen LogP contribution in [0.1, 0.15) is 48.1 Å². The fourth-order valence-corrected chi connectivity index (χ4v) is 3.96. The van der Waals surface area contributed by atoms with Crippen molar-refractivity contribution < 1.29 is 53.0 Å². The Hall–Kier alpha value is -3.83. The fraction of sp³-hybridized carbons (Fsp3) is 0.241. The first-order valence-electron chi connectivity index (χ1n) is 11.9. The van der Waals surface area contributed by atoms with Crippen LogP contribution in [0.25, 0.3) is 5.57 Å². The van der Waals surface area contributed by atoms with Crippen molar-refractivity contribution in [3.63, 3.8) is 0 Å². The van der Waals surface area contributed by atoms with Gasteiger partial charge in [0.1, 0.15) is 51.8 Å². The van der Waals surface area contributed by atoms with Gasteiger partial charge in [-0.1, -0.05) is 24.6 Å². The molecule has 0 N–H and O–H groups in total. The van der Waals surface area contributed by atoms with Gasteiger partial charge in [-0.25, -0.2) is 26.3 Å². The van der Waals surface area contributed by atoms with Gasteiger partial charge in [0.15, 0.2) is 0 Å². The third-order valence-corrected chi connectivity index (χ3v) is 6.07. The molecule has 3 aromatic rings. The lowest BCUT2D eigenvalue weighted by Gasteiger charge is -2.21. The van der Waals surface area contributed by atoms with Crippen LogP contribution in [0.2, 0.25) is 0 Å². The zero-order valence-corrected chi connectivity index (χ0v) is 21.6.